The number of aromatic nitrogens is 5. The second-order valence-electron chi connectivity index (χ2n) is 3.93. The lowest BCUT2D eigenvalue weighted by Crippen LogP contribution is -2.30. The van der Waals surface area contributed by atoms with Crippen molar-refractivity contribution in [3.8, 4) is 0 Å². The number of hydrogen-bond acceptors (Lipinski definition) is 5. The predicted molar refractivity (Wildman–Crippen MR) is 63.5 cm³/mol. The first-order valence-corrected chi connectivity index (χ1v) is 5.61. The first kappa shape index (κ1) is 12.2. The summed E-state index contributed by atoms with van der Waals surface area (Å²) in [5.41, 5.74) is 1.16. The first-order valence-electron chi connectivity index (χ1n) is 5.61. The van der Waals surface area contributed by atoms with Crippen LogP contribution in [0.4, 0.5) is 0 Å². The summed E-state index contributed by atoms with van der Waals surface area (Å²) in [7, 11) is 1.77. The van der Waals surface area contributed by atoms with E-state index in [4.69, 9.17) is 0 Å². The Kier molecular flexibility index (Phi) is 3.95. The second kappa shape index (κ2) is 5.85. The van der Waals surface area contributed by atoms with Gasteiger partial charge >= 0.3 is 0 Å². The minimum atomic E-state index is -0.0227. The van der Waals surface area contributed by atoms with Crippen LogP contribution in [0, 0.1) is 0 Å². The van der Waals surface area contributed by atoms with Crippen molar-refractivity contribution in [1.29, 1.82) is 0 Å². The highest BCUT2D eigenvalue weighted by atomic mass is 16.2. The number of nitrogens with one attached hydrogen (secondary N) is 1. The summed E-state index contributed by atoms with van der Waals surface area (Å²) >= 11 is 0. The molecule has 7 heteroatoms. The summed E-state index contributed by atoms with van der Waals surface area (Å²) in [4.78, 5) is 17.4. The van der Waals surface area contributed by atoms with Gasteiger partial charge in [0.25, 0.3) is 0 Å². The van der Waals surface area contributed by atoms with E-state index in [0.29, 0.717) is 12.4 Å². The van der Waals surface area contributed by atoms with Gasteiger partial charge < -0.3 is 4.90 Å². The van der Waals surface area contributed by atoms with E-state index in [1.807, 2.05) is 12.1 Å². The van der Waals surface area contributed by atoms with Gasteiger partial charge in [-0.25, -0.2) is 0 Å². The molecule has 0 fully saturated rings. The third-order valence-electron chi connectivity index (χ3n) is 2.61. The molecule has 2 aromatic heterocycles. The third-order valence-corrected chi connectivity index (χ3v) is 2.61. The van der Waals surface area contributed by atoms with Crippen LogP contribution < -0.4 is 0 Å². The Bertz CT molecular complexity index is 483. The molecule has 0 spiro atoms. The van der Waals surface area contributed by atoms with Gasteiger partial charge in [-0.1, -0.05) is 5.21 Å². The quantitative estimate of drug-likeness (QED) is 0.792. The molecule has 2 aromatic rings. The molecule has 1 N–H and O–H groups in total. The largest absolute Gasteiger partial charge is 0.345 e. The van der Waals surface area contributed by atoms with E-state index in [-0.39, 0.29) is 12.3 Å². The van der Waals surface area contributed by atoms with Crippen LogP contribution in [0.1, 0.15) is 11.4 Å². The van der Waals surface area contributed by atoms with Gasteiger partial charge in [-0.3, -0.25) is 9.78 Å². The summed E-state index contributed by atoms with van der Waals surface area (Å²) in [6, 6.07) is 3.88. The topological polar surface area (TPSA) is 87.7 Å². The summed E-state index contributed by atoms with van der Waals surface area (Å²) in [6.45, 7) is 0.653. The molecule has 0 saturated carbocycles. The molecule has 2 heterocycles. The Morgan fingerprint density at radius 1 is 1.39 bits per heavy atom. The average molecular weight is 246 g/mol. The zero-order chi connectivity index (χ0) is 12.8. The van der Waals surface area contributed by atoms with Crippen molar-refractivity contribution >= 4 is 5.91 Å². The lowest BCUT2D eigenvalue weighted by Gasteiger charge is -2.16. The van der Waals surface area contributed by atoms with E-state index in [1.165, 1.54) is 0 Å². The van der Waals surface area contributed by atoms with Crippen LogP contribution in [0.15, 0.2) is 24.5 Å². The van der Waals surface area contributed by atoms with E-state index in [0.717, 1.165) is 12.0 Å². The Hall–Kier alpha value is -2.31. The zero-order valence-corrected chi connectivity index (χ0v) is 10.1. The molecular weight excluding hydrogens is 232 g/mol. The lowest BCUT2D eigenvalue weighted by molar-refractivity contribution is -0.129. The van der Waals surface area contributed by atoms with Crippen molar-refractivity contribution in [3.63, 3.8) is 0 Å². The molecule has 18 heavy (non-hydrogen) atoms. The van der Waals surface area contributed by atoms with Gasteiger partial charge in [0.15, 0.2) is 5.82 Å². The molecule has 0 unspecified atom stereocenters. The van der Waals surface area contributed by atoms with E-state index in [9.17, 15) is 4.79 Å². The average Bonchev–Trinajstić information content (AvgIpc) is 2.90. The van der Waals surface area contributed by atoms with Gasteiger partial charge in [-0.05, 0) is 24.1 Å². The fourth-order valence-corrected chi connectivity index (χ4v) is 1.50. The Morgan fingerprint density at radius 2 is 2.17 bits per heavy atom. The number of tetrazole rings is 1. The summed E-state index contributed by atoms with van der Waals surface area (Å²) in [6.07, 6.45) is 4.47. The van der Waals surface area contributed by atoms with Crippen LogP contribution in [0.25, 0.3) is 0 Å². The van der Waals surface area contributed by atoms with Crippen molar-refractivity contribution in [2.24, 2.45) is 0 Å². The molecule has 0 atom stereocenters. The maximum Gasteiger partial charge on any atom is 0.230 e. The predicted octanol–water partition coefficient (Wildman–Crippen LogP) is -0.162. The molecule has 94 valence electrons. The highest BCUT2D eigenvalue weighted by Crippen LogP contribution is 2.00. The number of carbonyl (C=O) groups is 1. The van der Waals surface area contributed by atoms with Gasteiger partial charge in [0.05, 0.1) is 6.42 Å². The molecule has 0 bridgehead atoms. The smallest absolute Gasteiger partial charge is 0.230 e. The fraction of sp³-hybridized carbons (Fsp3) is 0.364. The normalized spacial score (nSPS) is 10.3. The van der Waals surface area contributed by atoms with Crippen molar-refractivity contribution in [1.82, 2.24) is 30.5 Å². The Balaban J connectivity index is 1.81. The number of rotatable bonds is 5. The van der Waals surface area contributed by atoms with Gasteiger partial charge in [0.2, 0.25) is 5.91 Å². The van der Waals surface area contributed by atoms with E-state index in [1.54, 1.807) is 24.3 Å². The lowest BCUT2D eigenvalue weighted by atomic mass is 10.2. The molecule has 0 aliphatic rings. The maximum absolute atomic E-state index is 11.8. The Labute approximate surface area is 104 Å². The van der Waals surface area contributed by atoms with Crippen LogP contribution in [-0.2, 0) is 17.6 Å². The zero-order valence-electron chi connectivity index (χ0n) is 10.1. The van der Waals surface area contributed by atoms with Crippen LogP contribution in [0.5, 0.6) is 0 Å². The standard InChI is InChI=1S/C11H14N6O/c1-17(7-4-9-2-5-12-6-3-9)11(18)8-10-13-15-16-14-10/h2-3,5-6H,4,7-8H2,1H3,(H,13,14,15,16). The van der Waals surface area contributed by atoms with Crippen LogP contribution in [0.3, 0.4) is 0 Å². The first-order chi connectivity index (χ1) is 8.75. The third kappa shape index (κ3) is 3.34. The number of nitrogens with zero attached hydrogens (tertiary/aromatic N) is 5. The van der Waals surface area contributed by atoms with Crippen molar-refractivity contribution in [2.45, 2.75) is 12.8 Å². The summed E-state index contributed by atoms with van der Waals surface area (Å²) in [5.74, 6) is 0.390. The van der Waals surface area contributed by atoms with Crippen LogP contribution in [-0.4, -0.2) is 50.0 Å². The molecular formula is C11H14N6O. The minimum absolute atomic E-state index is 0.0227. The SMILES string of the molecule is CN(CCc1ccncc1)C(=O)Cc1nn[nH]n1. The number of amides is 1. The van der Waals surface area contributed by atoms with Crippen molar-refractivity contribution in [2.75, 3.05) is 13.6 Å². The number of hydrogen-bond donors (Lipinski definition) is 1. The number of likely N-dealkylation sites (N-methyl/N-ethyl adjacent to an activating group) is 1. The molecule has 0 aromatic carbocycles. The highest BCUT2D eigenvalue weighted by molar-refractivity contribution is 5.77. The number of H-pyrrole nitrogens is 1. The molecule has 2 rings (SSSR count). The van der Waals surface area contributed by atoms with E-state index < -0.39 is 0 Å². The Morgan fingerprint density at radius 3 is 2.83 bits per heavy atom. The van der Waals surface area contributed by atoms with Crippen molar-refractivity contribution in [3.05, 3.63) is 35.9 Å². The van der Waals surface area contributed by atoms with Gasteiger partial charge in [-0.2, -0.15) is 5.21 Å². The molecule has 0 aliphatic heterocycles. The maximum atomic E-state index is 11.8. The number of carbonyl (C=O) groups excluding carboxylic acids is 1. The summed E-state index contributed by atoms with van der Waals surface area (Å²) < 4.78 is 0. The molecule has 7 nitrogen and oxygen atoms in total. The fourth-order valence-electron chi connectivity index (χ4n) is 1.50. The molecule has 1 amide bonds. The van der Waals surface area contributed by atoms with Gasteiger partial charge in [-0.15, -0.1) is 10.2 Å². The molecule has 0 saturated heterocycles. The van der Waals surface area contributed by atoms with Crippen LogP contribution >= 0.6 is 0 Å². The number of aromatic amines is 1. The molecule has 0 radical (unpaired) electrons. The second-order valence-corrected chi connectivity index (χ2v) is 3.93. The van der Waals surface area contributed by atoms with Gasteiger partial charge in [0, 0.05) is 26.0 Å². The van der Waals surface area contributed by atoms with E-state index in [2.05, 4.69) is 25.6 Å². The number of pyridine rings is 1. The minimum Gasteiger partial charge on any atom is -0.345 e. The molecule has 0 aliphatic carbocycles. The summed E-state index contributed by atoms with van der Waals surface area (Å²) in [5, 5.41) is 13.2. The van der Waals surface area contributed by atoms with Crippen molar-refractivity contribution < 1.29 is 4.79 Å². The van der Waals surface area contributed by atoms with Gasteiger partial charge in [0.1, 0.15) is 0 Å². The highest BCUT2D eigenvalue weighted by Gasteiger charge is 2.12. The monoisotopic (exact) mass is 246 g/mol. The van der Waals surface area contributed by atoms with Crippen LogP contribution in [0.2, 0.25) is 0 Å². The van der Waals surface area contributed by atoms with E-state index >= 15 is 0 Å².